The zero-order valence-corrected chi connectivity index (χ0v) is 10.7. The molecule has 1 aromatic heterocycles. The summed E-state index contributed by atoms with van der Waals surface area (Å²) in [5.41, 5.74) is 1.15. The van der Waals surface area contributed by atoms with Gasteiger partial charge in [0.05, 0.1) is 26.5 Å². The number of nitrogens with zero attached hydrogens (tertiary/aromatic N) is 1. The van der Waals surface area contributed by atoms with E-state index in [4.69, 9.17) is 13.9 Å². The lowest BCUT2D eigenvalue weighted by Crippen LogP contribution is -2.22. The van der Waals surface area contributed by atoms with Crippen LogP contribution in [0.5, 0.6) is 11.5 Å². The number of nitrogens with one attached hydrogen (secondary N) is 1. The molecule has 0 bridgehead atoms. The van der Waals surface area contributed by atoms with Gasteiger partial charge in [-0.3, -0.25) is 4.79 Å². The quantitative estimate of drug-likeness (QED) is 0.886. The standard InChI is InChI=1S/C13H14N2O4/c1-17-11-4-3-9(5-12(11)18-2)13(16)14-6-10-7-19-8-15-10/h3-5,7-8H,6H2,1-2H3,(H,14,16). The van der Waals surface area contributed by atoms with Crippen LogP contribution in [0, 0.1) is 0 Å². The smallest absolute Gasteiger partial charge is 0.251 e. The van der Waals surface area contributed by atoms with Crippen molar-refractivity contribution in [3.63, 3.8) is 0 Å². The van der Waals surface area contributed by atoms with Crippen LogP contribution in [0.25, 0.3) is 0 Å². The van der Waals surface area contributed by atoms with Gasteiger partial charge in [-0.25, -0.2) is 4.98 Å². The zero-order valence-electron chi connectivity index (χ0n) is 10.7. The Kier molecular flexibility index (Phi) is 4.02. The zero-order chi connectivity index (χ0) is 13.7. The predicted octanol–water partition coefficient (Wildman–Crippen LogP) is 1.62. The highest BCUT2D eigenvalue weighted by Gasteiger charge is 2.10. The van der Waals surface area contributed by atoms with Crippen molar-refractivity contribution in [1.82, 2.24) is 10.3 Å². The average molecular weight is 262 g/mol. The first kappa shape index (κ1) is 12.9. The molecule has 0 aliphatic heterocycles. The molecule has 6 nitrogen and oxygen atoms in total. The number of amides is 1. The third kappa shape index (κ3) is 3.04. The SMILES string of the molecule is COc1ccc(C(=O)NCc2cocn2)cc1OC. The number of carbonyl (C=O) groups is 1. The minimum absolute atomic E-state index is 0.219. The predicted molar refractivity (Wildman–Crippen MR) is 67.2 cm³/mol. The second-order valence-corrected chi connectivity index (χ2v) is 3.73. The lowest BCUT2D eigenvalue weighted by Gasteiger charge is -2.09. The molecule has 0 saturated heterocycles. The largest absolute Gasteiger partial charge is 0.493 e. The molecule has 0 spiro atoms. The highest BCUT2D eigenvalue weighted by molar-refractivity contribution is 5.94. The maximum absolute atomic E-state index is 11.9. The molecule has 0 aliphatic carbocycles. The Morgan fingerprint density at radius 1 is 1.32 bits per heavy atom. The van der Waals surface area contributed by atoms with E-state index in [1.165, 1.54) is 19.8 Å². The second-order valence-electron chi connectivity index (χ2n) is 3.73. The lowest BCUT2D eigenvalue weighted by atomic mass is 10.2. The van der Waals surface area contributed by atoms with Crippen LogP contribution in [0.2, 0.25) is 0 Å². The maximum atomic E-state index is 11.9. The van der Waals surface area contributed by atoms with Gasteiger partial charge >= 0.3 is 0 Å². The van der Waals surface area contributed by atoms with Gasteiger partial charge in [0.2, 0.25) is 0 Å². The van der Waals surface area contributed by atoms with Crippen molar-refractivity contribution < 1.29 is 18.7 Å². The summed E-state index contributed by atoms with van der Waals surface area (Å²) in [6, 6.07) is 4.97. The Morgan fingerprint density at radius 2 is 2.11 bits per heavy atom. The number of methoxy groups -OCH3 is 2. The molecule has 0 unspecified atom stereocenters. The van der Waals surface area contributed by atoms with Gasteiger partial charge in [-0.15, -0.1) is 0 Å². The van der Waals surface area contributed by atoms with Crippen LogP contribution < -0.4 is 14.8 Å². The van der Waals surface area contributed by atoms with Crippen molar-refractivity contribution >= 4 is 5.91 Å². The highest BCUT2D eigenvalue weighted by atomic mass is 16.5. The van der Waals surface area contributed by atoms with Gasteiger partial charge in [-0.05, 0) is 18.2 Å². The summed E-state index contributed by atoms with van der Waals surface area (Å²) in [5, 5.41) is 2.73. The molecule has 1 heterocycles. The van der Waals surface area contributed by atoms with Crippen LogP contribution in [-0.4, -0.2) is 25.1 Å². The highest BCUT2D eigenvalue weighted by Crippen LogP contribution is 2.27. The monoisotopic (exact) mass is 262 g/mol. The van der Waals surface area contributed by atoms with Gasteiger partial charge in [0.25, 0.3) is 5.91 Å². The van der Waals surface area contributed by atoms with E-state index in [9.17, 15) is 4.79 Å². The van der Waals surface area contributed by atoms with E-state index in [2.05, 4.69) is 10.3 Å². The van der Waals surface area contributed by atoms with E-state index in [-0.39, 0.29) is 5.91 Å². The van der Waals surface area contributed by atoms with Crippen molar-refractivity contribution in [3.05, 3.63) is 42.1 Å². The first-order chi connectivity index (χ1) is 9.24. The minimum Gasteiger partial charge on any atom is -0.493 e. The second kappa shape index (κ2) is 5.90. The van der Waals surface area contributed by atoms with Gasteiger partial charge < -0.3 is 19.2 Å². The Balaban J connectivity index is 2.06. The van der Waals surface area contributed by atoms with E-state index >= 15 is 0 Å². The molecule has 100 valence electrons. The molecule has 19 heavy (non-hydrogen) atoms. The lowest BCUT2D eigenvalue weighted by molar-refractivity contribution is 0.0950. The summed E-state index contributed by atoms with van der Waals surface area (Å²) >= 11 is 0. The molecule has 0 fully saturated rings. The van der Waals surface area contributed by atoms with Gasteiger partial charge in [0, 0.05) is 5.56 Å². The van der Waals surface area contributed by atoms with E-state index in [1.54, 1.807) is 25.3 Å². The molecule has 2 aromatic rings. The molecule has 0 saturated carbocycles. The number of benzene rings is 1. The Hall–Kier alpha value is -2.50. The van der Waals surface area contributed by atoms with E-state index in [0.717, 1.165) is 0 Å². The number of aromatic nitrogens is 1. The van der Waals surface area contributed by atoms with Crippen LogP contribution in [0.15, 0.2) is 35.3 Å². The molecular weight excluding hydrogens is 248 g/mol. The minimum atomic E-state index is -0.219. The Bertz CT molecular complexity index is 552. The Morgan fingerprint density at radius 3 is 2.74 bits per heavy atom. The summed E-state index contributed by atoms with van der Waals surface area (Å²) in [6.07, 6.45) is 2.80. The first-order valence-electron chi connectivity index (χ1n) is 5.62. The van der Waals surface area contributed by atoms with Gasteiger partial charge in [-0.2, -0.15) is 0 Å². The number of carbonyl (C=O) groups excluding carboxylic acids is 1. The first-order valence-corrected chi connectivity index (χ1v) is 5.62. The van der Waals surface area contributed by atoms with Crippen LogP contribution >= 0.6 is 0 Å². The average Bonchev–Trinajstić information content (AvgIpc) is 2.97. The van der Waals surface area contributed by atoms with Crippen molar-refractivity contribution in [2.45, 2.75) is 6.54 Å². The van der Waals surface area contributed by atoms with Crippen LogP contribution in [0.3, 0.4) is 0 Å². The summed E-state index contributed by atoms with van der Waals surface area (Å²) in [6.45, 7) is 0.309. The maximum Gasteiger partial charge on any atom is 0.251 e. The summed E-state index contributed by atoms with van der Waals surface area (Å²) in [7, 11) is 3.07. The summed E-state index contributed by atoms with van der Waals surface area (Å²) < 4.78 is 15.1. The summed E-state index contributed by atoms with van der Waals surface area (Å²) in [5.74, 6) is 0.871. The number of ether oxygens (including phenoxy) is 2. The molecule has 0 aliphatic rings. The summed E-state index contributed by atoms with van der Waals surface area (Å²) in [4.78, 5) is 15.9. The number of rotatable bonds is 5. The fraction of sp³-hybridized carbons (Fsp3) is 0.231. The number of oxazole rings is 1. The van der Waals surface area contributed by atoms with E-state index < -0.39 is 0 Å². The molecule has 2 rings (SSSR count). The third-order valence-corrected chi connectivity index (χ3v) is 2.56. The van der Waals surface area contributed by atoms with Crippen molar-refractivity contribution in [3.8, 4) is 11.5 Å². The normalized spacial score (nSPS) is 10.0. The van der Waals surface area contributed by atoms with E-state index in [1.807, 2.05) is 0 Å². The van der Waals surface area contributed by atoms with Crippen molar-refractivity contribution in [2.75, 3.05) is 14.2 Å². The van der Waals surface area contributed by atoms with Gasteiger partial charge in [0.1, 0.15) is 6.26 Å². The molecular formula is C13H14N2O4. The van der Waals surface area contributed by atoms with Crippen LogP contribution in [-0.2, 0) is 6.54 Å². The fourth-order valence-corrected chi connectivity index (χ4v) is 1.58. The van der Waals surface area contributed by atoms with Crippen LogP contribution in [0.4, 0.5) is 0 Å². The number of hydrogen-bond donors (Lipinski definition) is 1. The van der Waals surface area contributed by atoms with Gasteiger partial charge in [0.15, 0.2) is 17.9 Å². The molecule has 0 radical (unpaired) electrons. The van der Waals surface area contributed by atoms with Crippen molar-refractivity contribution in [1.29, 1.82) is 0 Å². The topological polar surface area (TPSA) is 73.6 Å². The van der Waals surface area contributed by atoms with Crippen LogP contribution in [0.1, 0.15) is 16.1 Å². The molecule has 1 N–H and O–H groups in total. The van der Waals surface area contributed by atoms with E-state index in [0.29, 0.717) is 29.3 Å². The molecule has 1 amide bonds. The molecule has 1 aromatic carbocycles. The number of hydrogen-bond acceptors (Lipinski definition) is 5. The fourth-order valence-electron chi connectivity index (χ4n) is 1.58. The molecule has 0 atom stereocenters. The van der Waals surface area contributed by atoms with Crippen molar-refractivity contribution in [2.24, 2.45) is 0 Å². The third-order valence-electron chi connectivity index (χ3n) is 2.56. The molecule has 6 heteroatoms. The Labute approximate surface area is 110 Å². The van der Waals surface area contributed by atoms with Gasteiger partial charge in [-0.1, -0.05) is 0 Å².